The number of pyridine rings is 1. The summed E-state index contributed by atoms with van der Waals surface area (Å²) in [5.41, 5.74) is 3.26. The summed E-state index contributed by atoms with van der Waals surface area (Å²) in [4.78, 5) is 30.7. The Labute approximate surface area is 211 Å². The predicted octanol–water partition coefficient (Wildman–Crippen LogP) is 4.02. The second kappa shape index (κ2) is 12.0. The second-order valence-corrected chi connectivity index (χ2v) is 9.04. The zero-order valence-electron chi connectivity index (χ0n) is 21.1. The maximum absolute atomic E-state index is 13.0. The van der Waals surface area contributed by atoms with E-state index in [2.05, 4.69) is 22.8 Å². The standard InChI is InChI=1S/C27H34N4O5/c1-18(17-34-2)29-20-15-21-23(30-26(32)22-12-8-14-36-22)24(27(33)35-3)31(25(21)28-16-20)13-7-11-19-9-5-4-6-10-19/h4-6,9-10,15-16,18,22,29H,7-8,11-14,17H2,1-3H3,(H,30,32)/t18-,22+/m0/s1. The Balaban J connectivity index is 1.73. The van der Waals surface area contributed by atoms with Crippen molar-refractivity contribution in [3.05, 3.63) is 53.9 Å². The molecule has 1 aromatic carbocycles. The molecule has 1 fully saturated rings. The number of hydrogen-bond donors (Lipinski definition) is 2. The van der Waals surface area contributed by atoms with E-state index in [1.165, 1.54) is 12.7 Å². The third-order valence-corrected chi connectivity index (χ3v) is 6.27. The molecule has 2 atom stereocenters. The van der Waals surface area contributed by atoms with Crippen LogP contribution in [0.4, 0.5) is 11.4 Å². The van der Waals surface area contributed by atoms with E-state index in [-0.39, 0.29) is 17.6 Å². The van der Waals surface area contributed by atoms with Crippen LogP contribution in [0.5, 0.6) is 0 Å². The van der Waals surface area contributed by atoms with Crippen LogP contribution in [0.15, 0.2) is 42.6 Å². The Bertz CT molecular complexity index is 1190. The fraction of sp³-hybridized carbons (Fsp3) is 0.444. The number of methoxy groups -OCH3 is 2. The van der Waals surface area contributed by atoms with E-state index in [0.29, 0.717) is 42.9 Å². The highest BCUT2D eigenvalue weighted by Crippen LogP contribution is 2.34. The van der Waals surface area contributed by atoms with E-state index in [1.807, 2.05) is 35.8 Å². The first-order valence-corrected chi connectivity index (χ1v) is 12.3. The van der Waals surface area contributed by atoms with Crippen LogP contribution in [0.25, 0.3) is 11.0 Å². The first kappa shape index (κ1) is 25.7. The summed E-state index contributed by atoms with van der Waals surface area (Å²) in [6.07, 6.45) is 4.29. The van der Waals surface area contributed by atoms with Gasteiger partial charge in [-0.05, 0) is 44.2 Å². The highest BCUT2D eigenvalue weighted by molar-refractivity contribution is 6.12. The average molecular weight is 495 g/mol. The molecule has 2 aromatic heterocycles. The first-order valence-electron chi connectivity index (χ1n) is 12.3. The zero-order chi connectivity index (χ0) is 25.5. The maximum atomic E-state index is 13.0. The van der Waals surface area contributed by atoms with Crippen LogP contribution in [0.1, 0.15) is 42.2 Å². The molecule has 0 unspecified atom stereocenters. The Kier molecular flexibility index (Phi) is 8.56. The summed E-state index contributed by atoms with van der Waals surface area (Å²) in [5.74, 6) is -0.801. The predicted molar refractivity (Wildman–Crippen MR) is 138 cm³/mol. The Morgan fingerprint density at radius 3 is 2.75 bits per heavy atom. The van der Waals surface area contributed by atoms with Crippen LogP contribution in [0.2, 0.25) is 0 Å². The molecule has 9 nitrogen and oxygen atoms in total. The normalized spacial score (nSPS) is 16.1. The fourth-order valence-electron chi connectivity index (χ4n) is 4.61. The lowest BCUT2D eigenvalue weighted by atomic mass is 10.1. The van der Waals surface area contributed by atoms with Gasteiger partial charge < -0.3 is 29.4 Å². The molecule has 9 heteroatoms. The molecule has 192 valence electrons. The summed E-state index contributed by atoms with van der Waals surface area (Å²) in [7, 11) is 2.99. The van der Waals surface area contributed by atoms with Crippen LogP contribution in [-0.4, -0.2) is 61.0 Å². The number of nitrogens with zero attached hydrogens (tertiary/aromatic N) is 2. The Morgan fingerprint density at radius 1 is 1.25 bits per heavy atom. The summed E-state index contributed by atoms with van der Waals surface area (Å²) >= 11 is 0. The minimum Gasteiger partial charge on any atom is -0.464 e. The molecule has 0 bridgehead atoms. The van der Waals surface area contributed by atoms with E-state index in [4.69, 9.17) is 19.2 Å². The number of carbonyl (C=O) groups is 2. The number of nitrogens with one attached hydrogen (secondary N) is 2. The van der Waals surface area contributed by atoms with E-state index in [0.717, 1.165) is 24.9 Å². The minimum atomic E-state index is -0.539. The van der Waals surface area contributed by atoms with Crippen molar-refractivity contribution in [2.75, 3.05) is 38.1 Å². The molecule has 0 saturated carbocycles. The van der Waals surface area contributed by atoms with Crippen molar-refractivity contribution in [2.24, 2.45) is 0 Å². The van der Waals surface area contributed by atoms with Gasteiger partial charge in [0.05, 0.1) is 31.3 Å². The van der Waals surface area contributed by atoms with Gasteiger partial charge in [-0.3, -0.25) is 4.79 Å². The second-order valence-electron chi connectivity index (χ2n) is 9.04. The number of esters is 1. The van der Waals surface area contributed by atoms with Crippen molar-refractivity contribution >= 4 is 34.3 Å². The number of ether oxygens (including phenoxy) is 3. The third kappa shape index (κ3) is 5.85. The van der Waals surface area contributed by atoms with E-state index in [9.17, 15) is 9.59 Å². The highest BCUT2D eigenvalue weighted by Gasteiger charge is 2.30. The van der Waals surface area contributed by atoms with Crippen molar-refractivity contribution < 1.29 is 23.8 Å². The lowest BCUT2D eigenvalue weighted by Crippen LogP contribution is -2.28. The molecular formula is C27H34N4O5. The number of hydrogen-bond acceptors (Lipinski definition) is 7. The molecule has 1 amide bonds. The first-order chi connectivity index (χ1) is 17.5. The Hall–Kier alpha value is -3.43. The maximum Gasteiger partial charge on any atom is 0.356 e. The molecular weight excluding hydrogens is 460 g/mol. The van der Waals surface area contributed by atoms with Gasteiger partial charge in [0.15, 0.2) is 5.69 Å². The number of amides is 1. The molecule has 0 radical (unpaired) electrons. The van der Waals surface area contributed by atoms with Crippen LogP contribution >= 0.6 is 0 Å². The molecule has 4 rings (SSSR count). The van der Waals surface area contributed by atoms with Crippen molar-refractivity contribution in [3.8, 4) is 0 Å². The van der Waals surface area contributed by atoms with Gasteiger partial charge in [0.1, 0.15) is 11.8 Å². The van der Waals surface area contributed by atoms with Crippen LogP contribution in [0.3, 0.4) is 0 Å². The summed E-state index contributed by atoms with van der Waals surface area (Å²) in [6, 6.07) is 12.1. The van der Waals surface area contributed by atoms with Crippen molar-refractivity contribution in [1.29, 1.82) is 0 Å². The van der Waals surface area contributed by atoms with Gasteiger partial charge in [-0.15, -0.1) is 0 Å². The van der Waals surface area contributed by atoms with Crippen LogP contribution < -0.4 is 10.6 Å². The minimum absolute atomic E-state index is 0.0483. The van der Waals surface area contributed by atoms with E-state index >= 15 is 0 Å². The molecule has 2 N–H and O–H groups in total. The Morgan fingerprint density at radius 2 is 2.06 bits per heavy atom. The molecule has 1 aliphatic heterocycles. The van der Waals surface area contributed by atoms with Gasteiger partial charge in [0.25, 0.3) is 5.91 Å². The van der Waals surface area contributed by atoms with Gasteiger partial charge in [-0.2, -0.15) is 0 Å². The van der Waals surface area contributed by atoms with Crippen molar-refractivity contribution in [3.63, 3.8) is 0 Å². The van der Waals surface area contributed by atoms with Crippen molar-refractivity contribution in [2.45, 2.75) is 51.3 Å². The lowest BCUT2D eigenvalue weighted by molar-refractivity contribution is -0.124. The van der Waals surface area contributed by atoms with Gasteiger partial charge in [0, 0.05) is 31.7 Å². The smallest absolute Gasteiger partial charge is 0.356 e. The molecule has 0 spiro atoms. The van der Waals surface area contributed by atoms with Crippen molar-refractivity contribution in [1.82, 2.24) is 9.55 Å². The van der Waals surface area contributed by atoms with Gasteiger partial charge in [-0.25, -0.2) is 9.78 Å². The molecule has 1 saturated heterocycles. The number of carbonyl (C=O) groups excluding carboxylic acids is 2. The number of aryl methyl sites for hydroxylation is 2. The number of benzene rings is 1. The third-order valence-electron chi connectivity index (χ3n) is 6.27. The van der Waals surface area contributed by atoms with Gasteiger partial charge in [0.2, 0.25) is 0 Å². The fourth-order valence-corrected chi connectivity index (χ4v) is 4.61. The topological polar surface area (TPSA) is 104 Å². The van der Waals surface area contributed by atoms with E-state index < -0.39 is 12.1 Å². The molecule has 3 aromatic rings. The number of anilines is 2. The molecule has 36 heavy (non-hydrogen) atoms. The zero-order valence-corrected chi connectivity index (χ0v) is 21.1. The molecule has 1 aliphatic rings. The average Bonchev–Trinajstić information content (AvgIpc) is 3.52. The van der Waals surface area contributed by atoms with Gasteiger partial charge >= 0.3 is 5.97 Å². The highest BCUT2D eigenvalue weighted by atomic mass is 16.5. The van der Waals surface area contributed by atoms with Crippen LogP contribution in [-0.2, 0) is 32.0 Å². The monoisotopic (exact) mass is 494 g/mol. The largest absolute Gasteiger partial charge is 0.464 e. The lowest BCUT2D eigenvalue weighted by Gasteiger charge is -2.14. The van der Waals surface area contributed by atoms with E-state index in [1.54, 1.807) is 13.3 Å². The number of fused-ring (bicyclic) bond motifs is 1. The summed E-state index contributed by atoms with van der Waals surface area (Å²) < 4.78 is 17.8. The summed E-state index contributed by atoms with van der Waals surface area (Å²) in [6.45, 7) is 3.61. The number of aromatic nitrogens is 2. The molecule has 0 aliphatic carbocycles. The quantitative estimate of drug-likeness (QED) is 0.388. The summed E-state index contributed by atoms with van der Waals surface area (Å²) in [5, 5.41) is 6.99. The SMILES string of the molecule is COC[C@H](C)Nc1cnc2c(c1)c(NC(=O)[C@H]1CCCO1)c(C(=O)OC)n2CCCc1ccccc1. The molecule has 3 heterocycles. The van der Waals surface area contributed by atoms with Crippen LogP contribution in [0, 0.1) is 0 Å². The number of rotatable bonds is 11. The van der Waals surface area contributed by atoms with Gasteiger partial charge in [-0.1, -0.05) is 30.3 Å².